The number of aliphatic hydroxyl groups excluding tert-OH is 3. The van der Waals surface area contributed by atoms with E-state index in [1.54, 1.807) is 6.92 Å². The number of rotatable bonds is 5. The molecule has 3 heterocycles. The normalized spacial score (nSPS) is 29.6. The summed E-state index contributed by atoms with van der Waals surface area (Å²) in [6, 6.07) is 0. The van der Waals surface area contributed by atoms with Crippen LogP contribution in [-0.4, -0.2) is 66.3 Å². The molecule has 1 fully saturated rings. The van der Waals surface area contributed by atoms with Crippen molar-refractivity contribution >= 4 is 17.1 Å². The van der Waals surface area contributed by atoms with Crippen molar-refractivity contribution in [1.82, 2.24) is 19.5 Å². The van der Waals surface area contributed by atoms with Crippen molar-refractivity contribution in [2.45, 2.75) is 44.8 Å². The molecule has 2 aromatic rings. The van der Waals surface area contributed by atoms with Gasteiger partial charge in [-0.3, -0.25) is 14.3 Å². The molecule has 0 bridgehead atoms. The van der Waals surface area contributed by atoms with E-state index in [-0.39, 0.29) is 17.1 Å². The predicted octanol–water partition coefficient (Wildman–Crippen LogP) is -1.03. The number of aromatic nitrogens is 4. The minimum absolute atomic E-state index is 0.0917. The summed E-state index contributed by atoms with van der Waals surface area (Å²) in [6.45, 7) is 5.75. The van der Waals surface area contributed by atoms with Crippen LogP contribution in [0.4, 0.5) is 5.95 Å². The van der Waals surface area contributed by atoms with Gasteiger partial charge in [0.2, 0.25) is 5.95 Å². The van der Waals surface area contributed by atoms with Crippen LogP contribution in [0.15, 0.2) is 11.1 Å². The van der Waals surface area contributed by atoms with Gasteiger partial charge in [-0.25, -0.2) is 4.98 Å². The van der Waals surface area contributed by atoms with Crippen LogP contribution in [-0.2, 0) is 10.5 Å². The van der Waals surface area contributed by atoms with E-state index in [1.165, 1.54) is 10.9 Å². The van der Waals surface area contributed by atoms with Gasteiger partial charge in [0.25, 0.3) is 5.56 Å². The summed E-state index contributed by atoms with van der Waals surface area (Å²) in [5.74, 6) is 0.632. The number of aliphatic hydroxyl groups is 3. The highest BCUT2D eigenvalue weighted by Gasteiger charge is 2.53. The van der Waals surface area contributed by atoms with Crippen molar-refractivity contribution in [3.63, 3.8) is 0 Å². The number of anilines is 1. The lowest BCUT2D eigenvalue weighted by atomic mass is 10.0. The minimum Gasteiger partial charge on any atom is -0.394 e. The van der Waals surface area contributed by atoms with Gasteiger partial charge in [0.05, 0.1) is 12.9 Å². The number of hydrogen-bond donors (Lipinski definition) is 5. The second kappa shape index (κ2) is 6.37. The number of hydrogen-bond acceptors (Lipinski definition) is 8. The molecule has 3 rings (SSSR count). The third-order valence-electron chi connectivity index (χ3n) is 4.39. The molecule has 4 atom stereocenters. The predicted molar refractivity (Wildman–Crippen MR) is 89.1 cm³/mol. The van der Waals surface area contributed by atoms with E-state index in [1.807, 2.05) is 13.8 Å². The Hall–Kier alpha value is -2.01. The van der Waals surface area contributed by atoms with E-state index in [0.29, 0.717) is 12.5 Å². The number of ether oxygens (including phenoxy) is 1. The molecule has 0 saturated carbocycles. The Morgan fingerprint density at radius 3 is 2.80 bits per heavy atom. The van der Waals surface area contributed by atoms with Gasteiger partial charge in [-0.1, -0.05) is 13.8 Å². The third kappa shape index (κ3) is 2.91. The van der Waals surface area contributed by atoms with Crippen LogP contribution in [0, 0.1) is 5.92 Å². The lowest BCUT2D eigenvalue weighted by Gasteiger charge is -2.29. The summed E-state index contributed by atoms with van der Waals surface area (Å²) >= 11 is 0. The first-order chi connectivity index (χ1) is 11.8. The van der Waals surface area contributed by atoms with Crippen molar-refractivity contribution in [3.8, 4) is 0 Å². The highest BCUT2D eigenvalue weighted by molar-refractivity contribution is 5.71. The van der Waals surface area contributed by atoms with E-state index in [0.717, 1.165) is 0 Å². The Balaban J connectivity index is 2.06. The van der Waals surface area contributed by atoms with E-state index in [4.69, 9.17) is 4.74 Å². The van der Waals surface area contributed by atoms with Gasteiger partial charge < -0.3 is 25.4 Å². The Kier molecular flexibility index (Phi) is 4.54. The zero-order valence-corrected chi connectivity index (χ0v) is 14.3. The third-order valence-corrected chi connectivity index (χ3v) is 4.39. The summed E-state index contributed by atoms with van der Waals surface area (Å²) < 4.78 is 7.06. The van der Waals surface area contributed by atoms with Crippen LogP contribution in [0.25, 0.3) is 11.2 Å². The first-order valence-electron chi connectivity index (χ1n) is 8.14. The van der Waals surface area contributed by atoms with E-state index >= 15 is 0 Å². The summed E-state index contributed by atoms with van der Waals surface area (Å²) in [4.78, 5) is 23.3. The van der Waals surface area contributed by atoms with Gasteiger partial charge in [-0.2, -0.15) is 4.98 Å². The molecule has 0 amide bonds. The topological polar surface area (TPSA) is 146 Å². The van der Waals surface area contributed by atoms with Crippen LogP contribution in [0.2, 0.25) is 0 Å². The summed E-state index contributed by atoms with van der Waals surface area (Å²) in [6.07, 6.45) is -2.21. The van der Waals surface area contributed by atoms with Gasteiger partial charge in [-0.05, 0) is 12.8 Å². The molecule has 5 N–H and O–H groups in total. The lowest BCUT2D eigenvalue weighted by Crippen LogP contribution is -2.43. The van der Waals surface area contributed by atoms with Gasteiger partial charge in [0.15, 0.2) is 16.9 Å². The Morgan fingerprint density at radius 2 is 2.20 bits per heavy atom. The first kappa shape index (κ1) is 17.8. The van der Waals surface area contributed by atoms with Crippen molar-refractivity contribution in [2.24, 2.45) is 5.92 Å². The zero-order chi connectivity index (χ0) is 18.4. The number of aromatic amines is 1. The number of nitrogens with zero attached hydrogens (tertiary/aromatic N) is 3. The fourth-order valence-corrected chi connectivity index (χ4v) is 2.93. The van der Waals surface area contributed by atoms with Crippen molar-refractivity contribution in [3.05, 3.63) is 16.7 Å². The summed E-state index contributed by atoms with van der Waals surface area (Å²) in [5, 5.41) is 32.8. The molecule has 2 aromatic heterocycles. The molecule has 10 heteroatoms. The summed E-state index contributed by atoms with van der Waals surface area (Å²) in [7, 11) is 0. The number of fused-ring (bicyclic) bond motifs is 1. The molecule has 1 aliphatic rings. The Labute approximate surface area is 143 Å². The average Bonchev–Trinajstić information content (AvgIpc) is 3.09. The molecule has 0 aliphatic carbocycles. The Morgan fingerprint density at radius 1 is 1.48 bits per heavy atom. The quantitative estimate of drug-likeness (QED) is 0.459. The Bertz CT molecular complexity index is 818. The zero-order valence-electron chi connectivity index (χ0n) is 14.3. The number of H-pyrrole nitrogens is 1. The standard InChI is InChI=1S/C15H23N5O5/c1-7(2)4-16-14-18-12-9(13(24)19-14)17-6-20(12)15(3)11(23)10(22)8(5-21)25-15/h6-8,10-11,21-23H,4-5H2,1-3H3,(H2,16,18,19,24)/t8-,10-,11-,15-/m1/s1. The average molecular weight is 353 g/mol. The van der Waals surface area contributed by atoms with Crippen LogP contribution in [0.1, 0.15) is 20.8 Å². The molecule has 0 aromatic carbocycles. The molecular formula is C15H23N5O5. The second-order valence-electron chi connectivity index (χ2n) is 6.81. The summed E-state index contributed by atoms with van der Waals surface area (Å²) in [5.41, 5.74) is -1.54. The fraction of sp³-hybridized carbons (Fsp3) is 0.667. The van der Waals surface area contributed by atoms with E-state index in [2.05, 4.69) is 20.3 Å². The maximum atomic E-state index is 12.2. The molecule has 1 aliphatic heterocycles. The highest BCUT2D eigenvalue weighted by Crippen LogP contribution is 2.36. The van der Waals surface area contributed by atoms with Gasteiger partial charge >= 0.3 is 0 Å². The molecule has 138 valence electrons. The van der Waals surface area contributed by atoms with E-state index < -0.39 is 36.2 Å². The minimum atomic E-state index is -1.42. The first-order valence-corrected chi connectivity index (χ1v) is 8.14. The van der Waals surface area contributed by atoms with Crippen LogP contribution in [0.3, 0.4) is 0 Å². The van der Waals surface area contributed by atoms with Crippen LogP contribution in [0.5, 0.6) is 0 Å². The van der Waals surface area contributed by atoms with Gasteiger partial charge in [0.1, 0.15) is 18.3 Å². The molecule has 0 radical (unpaired) electrons. The maximum absolute atomic E-state index is 12.2. The smallest absolute Gasteiger partial charge is 0.280 e. The van der Waals surface area contributed by atoms with Gasteiger partial charge in [-0.15, -0.1) is 0 Å². The molecular weight excluding hydrogens is 330 g/mol. The van der Waals surface area contributed by atoms with Crippen molar-refractivity contribution in [2.75, 3.05) is 18.5 Å². The van der Waals surface area contributed by atoms with E-state index in [9.17, 15) is 20.1 Å². The highest BCUT2D eigenvalue weighted by atomic mass is 16.6. The van der Waals surface area contributed by atoms with Gasteiger partial charge in [0, 0.05) is 6.54 Å². The number of nitrogens with one attached hydrogen (secondary N) is 2. The van der Waals surface area contributed by atoms with Crippen molar-refractivity contribution in [1.29, 1.82) is 0 Å². The molecule has 0 spiro atoms. The largest absolute Gasteiger partial charge is 0.394 e. The lowest BCUT2D eigenvalue weighted by molar-refractivity contribution is -0.132. The van der Waals surface area contributed by atoms with Crippen molar-refractivity contribution < 1.29 is 20.1 Å². The fourth-order valence-electron chi connectivity index (χ4n) is 2.93. The SMILES string of the molecule is CC(C)CNc1nc2c(ncn2[C@]2(C)O[C@H](CO)[C@@H](O)[C@H]2O)c(=O)[nH]1. The second-order valence-corrected chi connectivity index (χ2v) is 6.81. The molecule has 25 heavy (non-hydrogen) atoms. The van der Waals surface area contributed by atoms with Crippen LogP contribution < -0.4 is 10.9 Å². The molecule has 10 nitrogen and oxygen atoms in total. The number of imidazole rings is 1. The van der Waals surface area contributed by atoms with Crippen LogP contribution >= 0.6 is 0 Å². The maximum Gasteiger partial charge on any atom is 0.280 e. The molecule has 0 unspecified atom stereocenters. The monoisotopic (exact) mass is 353 g/mol. The molecule has 1 saturated heterocycles.